The van der Waals surface area contributed by atoms with Crippen molar-refractivity contribution in [2.24, 2.45) is 5.84 Å². The van der Waals surface area contributed by atoms with E-state index in [1.807, 2.05) is 39.6 Å². The Labute approximate surface area is 109 Å². The normalized spacial score (nSPS) is 10.8. The molecular formula is C12H23N5O. The molecule has 18 heavy (non-hydrogen) atoms. The molecule has 1 heterocycles. The summed E-state index contributed by atoms with van der Waals surface area (Å²) in [6.45, 7) is 9.29. The van der Waals surface area contributed by atoms with Gasteiger partial charge in [0.1, 0.15) is 17.5 Å². The van der Waals surface area contributed by atoms with Gasteiger partial charge >= 0.3 is 0 Å². The maximum Gasteiger partial charge on any atom is 0.148 e. The second-order valence-corrected chi connectivity index (χ2v) is 4.55. The van der Waals surface area contributed by atoms with Crippen molar-refractivity contribution >= 4 is 11.6 Å². The van der Waals surface area contributed by atoms with Gasteiger partial charge in [0, 0.05) is 19.2 Å². The molecule has 6 nitrogen and oxygen atoms in total. The highest BCUT2D eigenvalue weighted by Gasteiger charge is 2.12. The van der Waals surface area contributed by atoms with E-state index >= 15 is 0 Å². The molecule has 0 aliphatic rings. The van der Waals surface area contributed by atoms with E-state index < -0.39 is 0 Å². The molecule has 0 aliphatic heterocycles. The van der Waals surface area contributed by atoms with Crippen LogP contribution in [0.4, 0.5) is 11.6 Å². The fraction of sp³-hybridized carbons (Fsp3) is 0.667. The average Bonchev–Trinajstić information content (AvgIpc) is 2.30. The fourth-order valence-corrected chi connectivity index (χ4v) is 1.66. The van der Waals surface area contributed by atoms with Gasteiger partial charge in [-0.25, -0.2) is 15.8 Å². The van der Waals surface area contributed by atoms with Crippen LogP contribution in [0, 0.1) is 13.8 Å². The Morgan fingerprint density at radius 3 is 2.56 bits per heavy atom. The van der Waals surface area contributed by atoms with E-state index in [2.05, 4.69) is 15.4 Å². The Morgan fingerprint density at radius 1 is 1.33 bits per heavy atom. The fourth-order valence-electron chi connectivity index (χ4n) is 1.66. The summed E-state index contributed by atoms with van der Waals surface area (Å²) >= 11 is 0. The lowest BCUT2D eigenvalue weighted by atomic mass is 10.3. The molecule has 0 amide bonds. The van der Waals surface area contributed by atoms with Crippen LogP contribution < -0.4 is 16.2 Å². The number of hydrazine groups is 1. The molecule has 0 atom stereocenters. The summed E-state index contributed by atoms with van der Waals surface area (Å²) in [5.74, 6) is 7.68. The highest BCUT2D eigenvalue weighted by Crippen LogP contribution is 2.21. The molecule has 0 bridgehead atoms. The molecule has 0 spiro atoms. The number of aryl methyl sites for hydroxylation is 1. The van der Waals surface area contributed by atoms with Crippen molar-refractivity contribution in [1.82, 2.24) is 9.97 Å². The molecule has 0 aromatic carbocycles. The zero-order chi connectivity index (χ0) is 13.7. The number of hydrogen-bond donors (Lipinski definition) is 2. The summed E-state index contributed by atoms with van der Waals surface area (Å²) in [5, 5.41) is 0. The number of anilines is 2. The Hall–Kier alpha value is -1.40. The van der Waals surface area contributed by atoms with Gasteiger partial charge in [0.05, 0.1) is 12.7 Å². The molecule has 0 saturated carbocycles. The molecular weight excluding hydrogens is 230 g/mol. The van der Waals surface area contributed by atoms with Gasteiger partial charge in [-0.3, -0.25) is 0 Å². The number of nitrogen functional groups attached to an aromatic ring is 1. The quantitative estimate of drug-likeness (QED) is 0.587. The van der Waals surface area contributed by atoms with Gasteiger partial charge in [-0.05, 0) is 27.7 Å². The Balaban J connectivity index is 2.78. The lowest BCUT2D eigenvalue weighted by Gasteiger charge is -2.22. The number of ether oxygens (including phenoxy) is 1. The van der Waals surface area contributed by atoms with Gasteiger partial charge in [0.2, 0.25) is 0 Å². The van der Waals surface area contributed by atoms with Gasteiger partial charge in [-0.15, -0.1) is 0 Å². The van der Waals surface area contributed by atoms with Crippen LogP contribution in [-0.4, -0.2) is 36.3 Å². The monoisotopic (exact) mass is 253 g/mol. The average molecular weight is 253 g/mol. The maximum absolute atomic E-state index is 5.54. The zero-order valence-electron chi connectivity index (χ0n) is 11.8. The predicted molar refractivity (Wildman–Crippen MR) is 73.7 cm³/mol. The minimum absolute atomic E-state index is 0.243. The van der Waals surface area contributed by atoms with E-state index in [-0.39, 0.29) is 6.10 Å². The van der Waals surface area contributed by atoms with E-state index in [0.29, 0.717) is 18.2 Å². The van der Waals surface area contributed by atoms with Crippen LogP contribution in [0.25, 0.3) is 0 Å². The third kappa shape index (κ3) is 3.82. The van der Waals surface area contributed by atoms with Crippen LogP contribution in [0.3, 0.4) is 0 Å². The van der Waals surface area contributed by atoms with Crippen LogP contribution in [0.2, 0.25) is 0 Å². The second kappa shape index (κ2) is 6.51. The molecule has 0 aliphatic carbocycles. The molecule has 1 rings (SSSR count). The van der Waals surface area contributed by atoms with Crippen molar-refractivity contribution in [2.75, 3.05) is 30.5 Å². The van der Waals surface area contributed by atoms with Crippen molar-refractivity contribution in [1.29, 1.82) is 0 Å². The Morgan fingerprint density at radius 2 is 2.00 bits per heavy atom. The van der Waals surface area contributed by atoms with Gasteiger partial charge in [0.25, 0.3) is 0 Å². The van der Waals surface area contributed by atoms with E-state index in [4.69, 9.17) is 10.6 Å². The third-order valence-electron chi connectivity index (χ3n) is 2.61. The van der Waals surface area contributed by atoms with E-state index in [1.165, 1.54) is 0 Å². The molecule has 102 valence electrons. The van der Waals surface area contributed by atoms with E-state index in [0.717, 1.165) is 17.9 Å². The van der Waals surface area contributed by atoms with Crippen molar-refractivity contribution in [3.63, 3.8) is 0 Å². The first-order chi connectivity index (χ1) is 8.45. The van der Waals surface area contributed by atoms with Crippen molar-refractivity contribution in [3.05, 3.63) is 11.4 Å². The number of nitrogens with zero attached hydrogens (tertiary/aromatic N) is 3. The largest absolute Gasteiger partial charge is 0.377 e. The summed E-state index contributed by atoms with van der Waals surface area (Å²) in [6, 6.07) is 0. The minimum Gasteiger partial charge on any atom is -0.377 e. The number of nitrogens with one attached hydrogen (secondary N) is 1. The molecule has 0 unspecified atom stereocenters. The highest BCUT2D eigenvalue weighted by atomic mass is 16.5. The first kappa shape index (κ1) is 14.7. The summed E-state index contributed by atoms with van der Waals surface area (Å²) in [5.41, 5.74) is 3.54. The number of nitrogens with two attached hydrogens (primary N) is 1. The molecule has 1 aromatic rings. The SMILES string of the molecule is Cc1nc(NN)c(C)c(N(C)CCOC(C)C)n1. The lowest BCUT2D eigenvalue weighted by molar-refractivity contribution is 0.0845. The smallest absolute Gasteiger partial charge is 0.148 e. The van der Waals surface area contributed by atoms with Crippen LogP contribution in [0.15, 0.2) is 0 Å². The number of rotatable bonds is 6. The van der Waals surface area contributed by atoms with Gasteiger partial charge < -0.3 is 15.1 Å². The predicted octanol–water partition coefficient (Wildman–Crippen LogP) is 1.24. The summed E-state index contributed by atoms with van der Waals surface area (Å²) < 4.78 is 5.54. The van der Waals surface area contributed by atoms with Crippen LogP contribution in [0.1, 0.15) is 25.2 Å². The highest BCUT2D eigenvalue weighted by molar-refractivity contribution is 5.57. The van der Waals surface area contributed by atoms with E-state index in [9.17, 15) is 0 Å². The molecule has 0 fully saturated rings. The summed E-state index contributed by atoms with van der Waals surface area (Å²) in [6.07, 6.45) is 0.243. The van der Waals surface area contributed by atoms with Crippen LogP contribution >= 0.6 is 0 Å². The Kier molecular flexibility index (Phi) is 5.30. The number of aromatic nitrogens is 2. The van der Waals surface area contributed by atoms with Crippen molar-refractivity contribution in [3.8, 4) is 0 Å². The van der Waals surface area contributed by atoms with Crippen molar-refractivity contribution < 1.29 is 4.74 Å². The number of likely N-dealkylation sites (N-methyl/N-ethyl adjacent to an activating group) is 1. The minimum atomic E-state index is 0.243. The zero-order valence-corrected chi connectivity index (χ0v) is 11.8. The first-order valence-corrected chi connectivity index (χ1v) is 6.10. The van der Waals surface area contributed by atoms with E-state index in [1.54, 1.807) is 0 Å². The molecule has 1 aromatic heterocycles. The number of hydrogen-bond acceptors (Lipinski definition) is 6. The summed E-state index contributed by atoms with van der Waals surface area (Å²) in [4.78, 5) is 10.7. The first-order valence-electron chi connectivity index (χ1n) is 6.10. The topological polar surface area (TPSA) is 76.3 Å². The van der Waals surface area contributed by atoms with Gasteiger partial charge in [0.15, 0.2) is 0 Å². The molecule has 0 radical (unpaired) electrons. The second-order valence-electron chi connectivity index (χ2n) is 4.55. The van der Waals surface area contributed by atoms with Gasteiger partial charge in [-0.2, -0.15) is 0 Å². The van der Waals surface area contributed by atoms with Crippen LogP contribution in [-0.2, 0) is 4.74 Å². The summed E-state index contributed by atoms with van der Waals surface area (Å²) in [7, 11) is 1.98. The lowest BCUT2D eigenvalue weighted by Crippen LogP contribution is -2.26. The molecule has 0 saturated heterocycles. The molecule has 6 heteroatoms. The standard InChI is InChI=1S/C12H23N5O/c1-8(2)18-7-6-17(5)12-9(3)11(16-13)14-10(4)15-12/h8H,6-7,13H2,1-5H3,(H,14,15,16). The third-order valence-corrected chi connectivity index (χ3v) is 2.61. The maximum atomic E-state index is 5.54. The van der Waals surface area contributed by atoms with Crippen molar-refractivity contribution in [2.45, 2.75) is 33.8 Å². The Bertz CT molecular complexity index is 394. The molecule has 3 N–H and O–H groups in total. The van der Waals surface area contributed by atoms with Crippen LogP contribution in [0.5, 0.6) is 0 Å². The van der Waals surface area contributed by atoms with Gasteiger partial charge in [-0.1, -0.05) is 0 Å².